The number of hydrogen-bond acceptors (Lipinski definition) is 3. The third kappa shape index (κ3) is 3.32. The van der Waals surface area contributed by atoms with E-state index in [0.717, 1.165) is 37.0 Å². The number of carbonyl (C=O) groups is 1. The maximum Gasteiger partial charge on any atom is 0.328 e. The summed E-state index contributed by atoms with van der Waals surface area (Å²) in [4.78, 5) is 15.3. The summed E-state index contributed by atoms with van der Waals surface area (Å²) >= 11 is 6.23. The first-order chi connectivity index (χ1) is 9.49. The van der Waals surface area contributed by atoms with Crippen molar-refractivity contribution in [2.75, 3.05) is 31.6 Å². The van der Waals surface area contributed by atoms with E-state index in [1.165, 1.54) is 0 Å². The second-order valence-electron chi connectivity index (χ2n) is 5.15. The van der Waals surface area contributed by atoms with Crippen molar-refractivity contribution in [1.82, 2.24) is 4.90 Å². The van der Waals surface area contributed by atoms with E-state index in [2.05, 4.69) is 23.8 Å². The molecule has 0 radical (unpaired) electrons. The van der Waals surface area contributed by atoms with Gasteiger partial charge >= 0.3 is 5.97 Å². The molecular formula is C15H19ClN2O2. The van der Waals surface area contributed by atoms with Crippen LogP contribution in [0.1, 0.15) is 12.5 Å². The van der Waals surface area contributed by atoms with E-state index in [1.807, 2.05) is 12.1 Å². The smallest absolute Gasteiger partial charge is 0.328 e. The molecular weight excluding hydrogens is 276 g/mol. The Morgan fingerprint density at radius 2 is 2.20 bits per heavy atom. The van der Waals surface area contributed by atoms with E-state index < -0.39 is 5.97 Å². The third-order valence-corrected chi connectivity index (χ3v) is 3.89. The zero-order chi connectivity index (χ0) is 14.7. The molecule has 1 fully saturated rings. The van der Waals surface area contributed by atoms with Gasteiger partial charge in [0.25, 0.3) is 0 Å². The molecule has 1 N–H and O–H groups in total. The molecule has 1 aromatic carbocycles. The summed E-state index contributed by atoms with van der Waals surface area (Å²) in [6.45, 7) is 5.04. The number of aliphatic carboxylic acids is 1. The van der Waals surface area contributed by atoms with Crippen LogP contribution >= 0.6 is 11.6 Å². The van der Waals surface area contributed by atoms with Gasteiger partial charge in [-0.25, -0.2) is 4.79 Å². The molecule has 20 heavy (non-hydrogen) atoms. The average Bonchev–Trinajstić information content (AvgIpc) is 2.37. The van der Waals surface area contributed by atoms with E-state index in [0.29, 0.717) is 11.1 Å². The number of carboxylic acid groups (broad SMARTS) is 1. The van der Waals surface area contributed by atoms with Crippen molar-refractivity contribution in [3.63, 3.8) is 0 Å². The van der Waals surface area contributed by atoms with Crippen LogP contribution < -0.4 is 4.90 Å². The number of benzene rings is 1. The van der Waals surface area contributed by atoms with Crippen molar-refractivity contribution in [1.29, 1.82) is 0 Å². The highest BCUT2D eigenvalue weighted by Gasteiger charge is 2.23. The molecule has 0 saturated carbocycles. The predicted molar refractivity (Wildman–Crippen MR) is 82.4 cm³/mol. The van der Waals surface area contributed by atoms with Crippen LogP contribution in [0.15, 0.2) is 24.3 Å². The number of hydrogen-bond donors (Lipinski definition) is 1. The zero-order valence-electron chi connectivity index (χ0n) is 11.7. The first-order valence-electron chi connectivity index (χ1n) is 6.63. The number of rotatable bonds is 3. The molecule has 2 rings (SSSR count). The maximum atomic E-state index is 10.7. The molecule has 0 aliphatic carbocycles. The van der Waals surface area contributed by atoms with E-state index in [1.54, 1.807) is 12.1 Å². The molecule has 0 bridgehead atoms. The highest BCUT2D eigenvalue weighted by molar-refractivity contribution is 6.32. The molecule has 5 heteroatoms. The molecule has 1 aromatic rings. The second-order valence-corrected chi connectivity index (χ2v) is 5.56. The van der Waals surface area contributed by atoms with Crippen molar-refractivity contribution in [3.8, 4) is 0 Å². The van der Waals surface area contributed by atoms with Crippen molar-refractivity contribution in [3.05, 3.63) is 34.9 Å². The molecule has 4 nitrogen and oxygen atoms in total. The Morgan fingerprint density at radius 3 is 2.85 bits per heavy atom. The number of anilines is 1. The van der Waals surface area contributed by atoms with Crippen molar-refractivity contribution in [2.45, 2.75) is 13.0 Å². The molecule has 0 spiro atoms. The third-order valence-electron chi connectivity index (χ3n) is 3.56. The SMILES string of the molecule is CC1CN(C)CCN1c1cccc(Cl)c1/C=C/C(=O)O. The van der Waals surface area contributed by atoms with Crippen LogP contribution in [0.25, 0.3) is 6.08 Å². The lowest BCUT2D eigenvalue weighted by molar-refractivity contribution is -0.131. The van der Waals surface area contributed by atoms with Crippen molar-refractivity contribution < 1.29 is 9.90 Å². The Morgan fingerprint density at radius 1 is 1.45 bits per heavy atom. The predicted octanol–water partition coefficient (Wildman–Crippen LogP) is 2.58. The molecule has 1 aliphatic heterocycles. The fourth-order valence-electron chi connectivity index (χ4n) is 2.59. The Kier molecular flexibility index (Phi) is 4.68. The van der Waals surface area contributed by atoms with Gasteiger partial charge in [0, 0.05) is 48.0 Å². The van der Waals surface area contributed by atoms with E-state index in [4.69, 9.17) is 16.7 Å². The lowest BCUT2D eigenvalue weighted by atomic mass is 10.1. The fraction of sp³-hybridized carbons (Fsp3) is 0.400. The molecule has 0 amide bonds. The highest BCUT2D eigenvalue weighted by atomic mass is 35.5. The van der Waals surface area contributed by atoms with Crippen LogP contribution in [0.2, 0.25) is 5.02 Å². The highest BCUT2D eigenvalue weighted by Crippen LogP contribution is 2.31. The maximum absolute atomic E-state index is 10.7. The van der Waals surface area contributed by atoms with Crippen LogP contribution in [0.5, 0.6) is 0 Å². The minimum atomic E-state index is -0.970. The quantitative estimate of drug-likeness (QED) is 0.870. The summed E-state index contributed by atoms with van der Waals surface area (Å²) in [5, 5.41) is 9.38. The number of nitrogens with zero attached hydrogens (tertiary/aromatic N) is 2. The first kappa shape index (κ1) is 14.9. The number of carboxylic acids is 1. The van der Waals surface area contributed by atoms with E-state index in [-0.39, 0.29) is 0 Å². The van der Waals surface area contributed by atoms with Crippen LogP contribution in [-0.4, -0.2) is 48.7 Å². The van der Waals surface area contributed by atoms with Crippen molar-refractivity contribution >= 4 is 29.3 Å². The van der Waals surface area contributed by atoms with Crippen molar-refractivity contribution in [2.24, 2.45) is 0 Å². The molecule has 1 atom stereocenters. The average molecular weight is 295 g/mol. The Balaban J connectivity index is 2.36. The number of halogens is 1. The van der Waals surface area contributed by atoms with Gasteiger partial charge in [-0.2, -0.15) is 0 Å². The minimum Gasteiger partial charge on any atom is -0.478 e. The lowest BCUT2D eigenvalue weighted by Gasteiger charge is -2.40. The Hall–Kier alpha value is -1.52. The molecule has 1 aliphatic rings. The van der Waals surface area contributed by atoms with Gasteiger partial charge in [0.1, 0.15) is 0 Å². The number of piperazine rings is 1. The normalized spacial score (nSPS) is 20.6. The zero-order valence-corrected chi connectivity index (χ0v) is 12.5. The molecule has 1 saturated heterocycles. The molecule has 1 heterocycles. The standard InChI is InChI=1S/C15H19ClN2O2/c1-11-10-17(2)8-9-18(11)14-5-3-4-13(16)12(14)6-7-15(19)20/h3-7,11H,8-10H2,1-2H3,(H,19,20)/b7-6+. The molecule has 108 valence electrons. The summed E-state index contributed by atoms with van der Waals surface area (Å²) in [6, 6.07) is 6.05. The van der Waals surface area contributed by atoms with Gasteiger partial charge in [0.15, 0.2) is 0 Å². The number of likely N-dealkylation sites (N-methyl/N-ethyl adjacent to an activating group) is 1. The van der Waals surface area contributed by atoms with Crippen LogP contribution in [-0.2, 0) is 4.79 Å². The Labute approximate surface area is 124 Å². The van der Waals surface area contributed by atoms with Gasteiger partial charge in [-0.3, -0.25) is 0 Å². The summed E-state index contributed by atoms with van der Waals surface area (Å²) in [5.41, 5.74) is 1.77. The van der Waals surface area contributed by atoms with E-state index in [9.17, 15) is 4.79 Å². The van der Waals surface area contributed by atoms with Crippen LogP contribution in [0.4, 0.5) is 5.69 Å². The largest absolute Gasteiger partial charge is 0.478 e. The van der Waals surface area contributed by atoms with Gasteiger partial charge in [-0.15, -0.1) is 0 Å². The van der Waals surface area contributed by atoms with Gasteiger partial charge in [-0.1, -0.05) is 17.7 Å². The van der Waals surface area contributed by atoms with E-state index >= 15 is 0 Å². The molecule has 0 aromatic heterocycles. The summed E-state index contributed by atoms with van der Waals surface area (Å²) in [6.07, 6.45) is 2.70. The van der Waals surface area contributed by atoms with Crippen LogP contribution in [0, 0.1) is 0 Å². The second kappa shape index (κ2) is 6.29. The van der Waals surface area contributed by atoms with Gasteiger partial charge in [0.2, 0.25) is 0 Å². The van der Waals surface area contributed by atoms with Gasteiger partial charge in [0.05, 0.1) is 0 Å². The summed E-state index contributed by atoms with van der Waals surface area (Å²) in [7, 11) is 2.11. The fourth-order valence-corrected chi connectivity index (χ4v) is 2.83. The van der Waals surface area contributed by atoms with Crippen LogP contribution in [0.3, 0.4) is 0 Å². The topological polar surface area (TPSA) is 43.8 Å². The lowest BCUT2D eigenvalue weighted by Crippen LogP contribution is -2.50. The summed E-state index contributed by atoms with van der Waals surface area (Å²) < 4.78 is 0. The van der Waals surface area contributed by atoms with Gasteiger partial charge in [-0.05, 0) is 32.2 Å². The van der Waals surface area contributed by atoms with Gasteiger partial charge < -0.3 is 14.9 Å². The Bertz CT molecular complexity index is 531. The first-order valence-corrected chi connectivity index (χ1v) is 7.01. The monoisotopic (exact) mass is 294 g/mol. The minimum absolute atomic E-state index is 0.365. The molecule has 1 unspecified atom stereocenters. The summed E-state index contributed by atoms with van der Waals surface area (Å²) in [5.74, 6) is -0.970.